The quantitative estimate of drug-likeness (QED) is 0.430. The van der Waals surface area contributed by atoms with Gasteiger partial charge in [-0.1, -0.05) is 36.4 Å². The smallest absolute Gasteiger partial charge is 0.343 e. The predicted molar refractivity (Wildman–Crippen MR) is 127 cm³/mol. The monoisotopic (exact) mass is 498 g/mol. The molecule has 1 amide bonds. The molecule has 0 bridgehead atoms. The van der Waals surface area contributed by atoms with Gasteiger partial charge in [-0.15, -0.1) is 0 Å². The lowest BCUT2D eigenvalue weighted by molar-refractivity contribution is -0.117. The summed E-state index contributed by atoms with van der Waals surface area (Å²) in [5.41, 5.74) is 2.34. The first-order chi connectivity index (χ1) is 16.7. The first-order valence-electron chi connectivity index (χ1n) is 10.5. The number of methoxy groups -OCH3 is 1. The van der Waals surface area contributed by atoms with Crippen LogP contribution >= 0.6 is 0 Å². The summed E-state index contributed by atoms with van der Waals surface area (Å²) in [6.07, 6.45) is 0.449. The van der Waals surface area contributed by atoms with Crippen molar-refractivity contribution in [3.63, 3.8) is 0 Å². The molecule has 1 aliphatic heterocycles. The van der Waals surface area contributed by atoms with Crippen LogP contribution in [0.2, 0.25) is 0 Å². The molecule has 11 heteroatoms. The van der Waals surface area contributed by atoms with Crippen LogP contribution in [0, 0.1) is 0 Å². The molecule has 3 N–H and O–H groups in total. The number of phenols is 1. The average Bonchev–Trinajstić information content (AvgIpc) is 3.10. The molecule has 1 fully saturated rings. The molecule has 1 heterocycles. The van der Waals surface area contributed by atoms with E-state index in [1.807, 2.05) is 29.0 Å². The third kappa shape index (κ3) is 4.99. The second-order valence-corrected chi connectivity index (χ2v) is 9.27. The number of carboxylic acid groups (broad SMARTS) is 1. The van der Waals surface area contributed by atoms with Crippen LogP contribution in [-0.4, -0.2) is 50.8 Å². The molecule has 3 aromatic carbocycles. The Morgan fingerprint density at radius 3 is 2.49 bits per heavy atom. The van der Waals surface area contributed by atoms with Crippen molar-refractivity contribution < 1.29 is 37.7 Å². The fourth-order valence-corrected chi connectivity index (χ4v) is 4.92. The van der Waals surface area contributed by atoms with E-state index in [0.29, 0.717) is 17.7 Å². The fourth-order valence-electron chi connectivity index (χ4n) is 3.77. The number of ether oxygens (including phenoxy) is 2. The van der Waals surface area contributed by atoms with Gasteiger partial charge in [-0.05, 0) is 41.0 Å². The van der Waals surface area contributed by atoms with Crippen LogP contribution in [0.25, 0.3) is 11.1 Å². The van der Waals surface area contributed by atoms with Gasteiger partial charge in [0, 0.05) is 6.42 Å². The fraction of sp³-hybridized carbons (Fsp3) is 0.167. The number of carbonyl (C=O) groups is 2. The Morgan fingerprint density at radius 2 is 1.80 bits per heavy atom. The number of anilines is 1. The normalized spacial score (nSPS) is 14.4. The molecule has 0 saturated carbocycles. The minimum atomic E-state index is -4.00. The van der Waals surface area contributed by atoms with Crippen LogP contribution in [0.15, 0.2) is 60.7 Å². The number of benzene rings is 3. The number of nitrogens with one attached hydrogen (secondary N) is 1. The largest absolute Gasteiger partial charge is 0.507 e. The number of nitrogens with zero attached hydrogens (tertiary/aromatic N) is 1. The van der Waals surface area contributed by atoms with Gasteiger partial charge in [-0.3, -0.25) is 4.79 Å². The van der Waals surface area contributed by atoms with Crippen LogP contribution in [0.1, 0.15) is 15.9 Å². The molecule has 182 valence electrons. The van der Waals surface area contributed by atoms with Gasteiger partial charge in [0.15, 0.2) is 0 Å². The lowest BCUT2D eigenvalue weighted by Gasteiger charge is -2.19. The molecule has 1 aliphatic rings. The minimum absolute atomic E-state index is 0.0726. The number of amides is 1. The molecule has 4 rings (SSSR count). The Morgan fingerprint density at radius 1 is 1.06 bits per heavy atom. The van der Waals surface area contributed by atoms with Crippen molar-refractivity contribution in [1.82, 2.24) is 4.72 Å². The van der Waals surface area contributed by atoms with E-state index in [4.69, 9.17) is 9.47 Å². The van der Waals surface area contributed by atoms with Crippen LogP contribution in [0.4, 0.5) is 5.69 Å². The third-order valence-corrected chi connectivity index (χ3v) is 6.79. The summed E-state index contributed by atoms with van der Waals surface area (Å²) < 4.78 is 38.5. The lowest BCUT2D eigenvalue weighted by Crippen LogP contribution is -2.29. The summed E-state index contributed by atoms with van der Waals surface area (Å²) in [5, 5.41) is 19.1. The molecular weight excluding hydrogens is 476 g/mol. The van der Waals surface area contributed by atoms with E-state index in [-0.39, 0.29) is 35.9 Å². The first kappa shape index (κ1) is 23.9. The van der Waals surface area contributed by atoms with Crippen LogP contribution < -0.4 is 18.5 Å². The van der Waals surface area contributed by atoms with Crippen molar-refractivity contribution in [2.75, 3.05) is 24.6 Å². The minimum Gasteiger partial charge on any atom is -0.507 e. The van der Waals surface area contributed by atoms with Crippen molar-refractivity contribution in [3.05, 3.63) is 71.8 Å². The summed E-state index contributed by atoms with van der Waals surface area (Å²) in [5.74, 6) is -1.91. The predicted octanol–water partition coefficient (Wildman–Crippen LogP) is 2.57. The number of carboxylic acids is 1. The second-order valence-electron chi connectivity index (χ2n) is 7.68. The molecule has 10 nitrogen and oxygen atoms in total. The highest BCUT2D eigenvalue weighted by Gasteiger charge is 2.35. The van der Waals surface area contributed by atoms with Gasteiger partial charge in [0.2, 0.25) is 0 Å². The maximum Gasteiger partial charge on any atom is 0.343 e. The van der Waals surface area contributed by atoms with E-state index in [1.54, 1.807) is 18.2 Å². The summed E-state index contributed by atoms with van der Waals surface area (Å²) >= 11 is 0. The average molecular weight is 499 g/mol. The molecule has 35 heavy (non-hydrogen) atoms. The van der Waals surface area contributed by atoms with Crippen molar-refractivity contribution in [3.8, 4) is 28.4 Å². The third-order valence-electron chi connectivity index (χ3n) is 5.39. The van der Waals surface area contributed by atoms with Gasteiger partial charge in [0.05, 0.1) is 19.4 Å². The first-order valence-corrected chi connectivity index (χ1v) is 11.9. The van der Waals surface area contributed by atoms with E-state index in [0.717, 1.165) is 15.4 Å². The van der Waals surface area contributed by atoms with E-state index < -0.39 is 22.1 Å². The SMILES string of the molecule is COc1ccc(-c2cccc(CCOc3cccc(O)c3C(=O)O)c2)cc1N1CC(=O)NS1(=O)=O. The Kier molecular flexibility index (Phi) is 6.52. The summed E-state index contributed by atoms with van der Waals surface area (Å²) in [6, 6.07) is 16.8. The van der Waals surface area contributed by atoms with Gasteiger partial charge in [-0.2, -0.15) is 8.42 Å². The molecule has 1 saturated heterocycles. The van der Waals surface area contributed by atoms with Crippen molar-refractivity contribution in [2.45, 2.75) is 6.42 Å². The maximum atomic E-state index is 12.3. The van der Waals surface area contributed by atoms with Crippen molar-refractivity contribution in [1.29, 1.82) is 0 Å². The zero-order chi connectivity index (χ0) is 25.2. The van der Waals surface area contributed by atoms with Crippen molar-refractivity contribution >= 4 is 27.8 Å². The molecule has 0 spiro atoms. The molecular formula is C24H22N2O8S. The maximum absolute atomic E-state index is 12.3. The Balaban J connectivity index is 1.55. The van der Waals surface area contributed by atoms with Crippen molar-refractivity contribution in [2.24, 2.45) is 0 Å². The van der Waals surface area contributed by atoms with Gasteiger partial charge >= 0.3 is 16.2 Å². The number of hydrogen-bond donors (Lipinski definition) is 3. The van der Waals surface area contributed by atoms with Crippen LogP contribution in [0.5, 0.6) is 17.2 Å². The highest BCUT2D eigenvalue weighted by atomic mass is 32.2. The summed E-state index contributed by atoms with van der Waals surface area (Å²) in [4.78, 5) is 23.1. The number of aromatic carboxylic acids is 1. The molecule has 3 aromatic rings. The zero-order valence-corrected chi connectivity index (χ0v) is 19.4. The van der Waals surface area contributed by atoms with Crippen LogP contribution in [0.3, 0.4) is 0 Å². The molecule has 0 atom stereocenters. The Labute approximate surface area is 201 Å². The van der Waals surface area contributed by atoms with E-state index in [2.05, 4.69) is 0 Å². The lowest BCUT2D eigenvalue weighted by atomic mass is 10.0. The number of hydrogen-bond acceptors (Lipinski definition) is 7. The number of rotatable bonds is 8. The Bertz CT molecular complexity index is 1400. The molecule has 0 radical (unpaired) electrons. The summed E-state index contributed by atoms with van der Waals surface area (Å²) in [6.45, 7) is -0.173. The standard InChI is InChI=1S/C24H22N2O8S/c1-33-20-9-8-17(13-18(20)26-14-22(28)25-35(26,31)32)16-5-2-4-15(12-16)10-11-34-21-7-3-6-19(27)23(21)24(29)30/h2-9,12-13,27H,10-11,14H2,1H3,(H,25,28)(H,29,30). The highest BCUT2D eigenvalue weighted by Crippen LogP contribution is 2.36. The molecule has 0 unspecified atom stereocenters. The zero-order valence-electron chi connectivity index (χ0n) is 18.6. The summed E-state index contributed by atoms with van der Waals surface area (Å²) in [7, 11) is -2.59. The van der Waals surface area contributed by atoms with E-state index >= 15 is 0 Å². The van der Waals surface area contributed by atoms with Crippen LogP contribution in [-0.2, 0) is 21.4 Å². The van der Waals surface area contributed by atoms with Gasteiger partial charge in [0.1, 0.15) is 29.4 Å². The number of carbonyl (C=O) groups excluding carboxylic acids is 1. The second kappa shape index (κ2) is 9.55. The molecule has 0 aliphatic carbocycles. The molecule has 0 aromatic heterocycles. The topological polar surface area (TPSA) is 142 Å². The van der Waals surface area contributed by atoms with Gasteiger partial charge in [-0.25, -0.2) is 13.8 Å². The Hall–Kier alpha value is -4.25. The van der Waals surface area contributed by atoms with E-state index in [9.17, 15) is 28.2 Å². The van der Waals surface area contributed by atoms with Gasteiger partial charge < -0.3 is 19.7 Å². The van der Waals surface area contributed by atoms with E-state index in [1.165, 1.54) is 25.3 Å². The number of aromatic hydroxyl groups is 1. The highest BCUT2D eigenvalue weighted by molar-refractivity contribution is 7.92. The van der Waals surface area contributed by atoms with Gasteiger partial charge in [0.25, 0.3) is 5.91 Å².